The van der Waals surface area contributed by atoms with Crippen molar-refractivity contribution in [3.8, 4) is 0 Å². The Morgan fingerprint density at radius 3 is 2.67 bits per heavy atom. The highest BCUT2D eigenvalue weighted by Crippen LogP contribution is 2.22. The Morgan fingerprint density at radius 1 is 1.50 bits per heavy atom. The summed E-state index contributed by atoms with van der Waals surface area (Å²) in [6.45, 7) is 3.79. The normalized spacial score (nSPS) is 27.5. The second-order valence-electron chi connectivity index (χ2n) is 2.94. The maximum absolute atomic E-state index is 12.2. The predicted octanol–water partition coefficient (Wildman–Crippen LogP) is 0.842. The third-order valence-corrected chi connectivity index (χ3v) is 2.10. The third kappa shape index (κ3) is 2.35. The van der Waals surface area contributed by atoms with E-state index in [2.05, 4.69) is 5.32 Å². The van der Waals surface area contributed by atoms with Crippen LogP contribution in [0.15, 0.2) is 0 Å². The zero-order chi connectivity index (χ0) is 9.19. The molecule has 0 saturated carbocycles. The Labute approximate surface area is 69.7 Å². The minimum atomic E-state index is -4.10. The van der Waals surface area contributed by atoms with E-state index in [-0.39, 0.29) is 6.54 Å². The van der Waals surface area contributed by atoms with Gasteiger partial charge in [-0.3, -0.25) is 0 Å². The lowest BCUT2D eigenvalue weighted by atomic mass is 10.2. The number of alkyl halides is 3. The van der Waals surface area contributed by atoms with Gasteiger partial charge in [-0.2, -0.15) is 13.2 Å². The van der Waals surface area contributed by atoms with Gasteiger partial charge in [-0.15, -0.1) is 0 Å². The maximum atomic E-state index is 12.2. The van der Waals surface area contributed by atoms with Gasteiger partial charge in [0.1, 0.15) is 6.04 Å². The van der Waals surface area contributed by atoms with Gasteiger partial charge in [-0.05, 0) is 6.54 Å². The molecular weight excluding hydrogens is 169 g/mol. The summed E-state index contributed by atoms with van der Waals surface area (Å²) in [6, 6.07) is -1.34. The molecule has 2 nitrogen and oxygen atoms in total. The number of hydrogen-bond acceptors (Lipinski definition) is 2. The summed E-state index contributed by atoms with van der Waals surface area (Å²) in [4.78, 5) is 1.80. The molecule has 0 radical (unpaired) electrons. The fourth-order valence-electron chi connectivity index (χ4n) is 1.32. The molecule has 0 unspecified atom stereocenters. The molecule has 0 aromatic rings. The highest BCUT2D eigenvalue weighted by Gasteiger charge is 2.41. The van der Waals surface area contributed by atoms with Gasteiger partial charge in [-0.1, -0.05) is 6.92 Å². The predicted molar refractivity (Wildman–Crippen MR) is 40.0 cm³/mol. The lowest BCUT2D eigenvalue weighted by Gasteiger charge is -2.33. The van der Waals surface area contributed by atoms with Gasteiger partial charge in [0.05, 0.1) is 0 Å². The summed E-state index contributed by atoms with van der Waals surface area (Å²) in [7, 11) is 0. The van der Waals surface area contributed by atoms with Crippen LogP contribution in [0, 0.1) is 0 Å². The van der Waals surface area contributed by atoms with Crippen LogP contribution in [0.5, 0.6) is 0 Å². The van der Waals surface area contributed by atoms with Crippen LogP contribution in [0.2, 0.25) is 0 Å². The number of nitrogens with zero attached hydrogens (tertiary/aromatic N) is 1. The number of piperazine rings is 1. The molecule has 1 fully saturated rings. The number of rotatable bonds is 1. The summed E-state index contributed by atoms with van der Waals surface area (Å²) in [6.07, 6.45) is -4.10. The highest BCUT2D eigenvalue weighted by molar-refractivity contribution is 4.83. The van der Waals surface area contributed by atoms with E-state index in [9.17, 15) is 13.2 Å². The Balaban J connectivity index is 2.46. The third-order valence-electron chi connectivity index (χ3n) is 2.10. The van der Waals surface area contributed by atoms with Gasteiger partial charge in [0.15, 0.2) is 0 Å². The van der Waals surface area contributed by atoms with Crippen LogP contribution in [0.3, 0.4) is 0 Å². The second-order valence-corrected chi connectivity index (χ2v) is 2.94. The molecule has 1 aliphatic heterocycles. The summed E-state index contributed by atoms with van der Waals surface area (Å²) in [5.41, 5.74) is 0. The van der Waals surface area contributed by atoms with Crippen LogP contribution in [-0.4, -0.2) is 43.3 Å². The van der Waals surface area contributed by atoms with Crippen molar-refractivity contribution in [2.24, 2.45) is 0 Å². The van der Waals surface area contributed by atoms with E-state index in [1.54, 1.807) is 4.90 Å². The van der Waals surface area contributed by atoms with E-state index < -0.39 is 12.2 Å². The van der Waals surface area contributed by atoms with Crippen LogP contribution in [0.1, 0.15) is 6.92 Å². The molecule has 1 heterocycles. The van der Waals surface area contributed by atoms with E-state index in [1.165, 1.54) is 0 Å². The fourth-order valence-corrected chi connectivity index (χ4v) is 1.32. The molecule has 72 valence electrons. The molecule has 0 aliphatic carbocycles. The fraction of sp³-hybridized carbons (Fsp3) is 1.00. The molecule has 1 atom stereocenters. The van der Waals surface area contributed by atoms with Crippen molar-refractivity contribution in [1.82, 2.24) is 10.2 Å². The summed E-state index contributed by atoms with van der Waals surface area (Å²) in [5.74, 6) is 0. The molecule has 0 aromatic carbocycles. The van der Waals surface area contributed by atoms with Crippen LogP contribution in [-0.2, 0) is 0 Å². The van der Waals surface area contributed by atoms with E-state index in [1.807, 2.05) is 6.92 Å². The first-order valence-electron chi connectivity index (χ1n) is 4.06. The molecule has 12 heavy (non-hydrogen) atoms. The first-order chi connectivity index (χ1) is 5.54. The monoisotopic (exact) mass is 182 g/mol. The first-order valence-corrected chi connectivity index (χ1v) is 4.06. The smallest absolute Gasteiger partial charge is 0.304 e. The van der Waals surface area contributed by atoms with E-state index >= 15 is 0 Å². The molecule has 0 spiro atoms. The van der Waals surface area contributed by atoms with Crippen LogP contribution < -0.4 is 5.32 Å². The minimum Gasteiger partial charge on any atom is -0.304 e. The average molecular weight is 182 g/mol. The van der Waals surface area contributed by atoms with Crippen molar-refractivity contribution in [2.75, 3.05) is 26.2 Å². The van der Waals surface area contributed by atoms with Gasteiger partial charge >= 0.3 is 6.18 Å². The molecular formula is C7H13F3N2. The van der Waals surface area contributed by atoms with Gasteiger partial charge < -0.3 is 10.2 Å². The Hall–Kier alpha value is -0.290. The average Bonchev–Trinajstić information content (AvgIpc) is 2.03. The molecule has 1 rings (SSSR count). The summed E-state index contributed by atoms with van der Waals surface area (Å²) >= 11 is 0. The molecule has 1 aliphatic rings. The number of nitrogens with one attached hydrogen (secondary N) is 1. The topological polar surface area (TPSA) is 15.3 Å². The Morgan fingerprint density at radius 2 is 2.17 bits per heavy atom. The van der Waals surface area contributed by atoms with Crippen molar-refractivity contribution in [3.05, 3.63) is 0 Å². The Kier molecular flexibility index (Phi) is 2.95. The first kappa shape index (κ1) is 9.80. The largest absolute Gasteiger partial charge is 0.405 e. The lowest BCUT2D eigenvalue weighted by molar-refractivity contribution is -0.164. The van der Waals surface area contributed by atoms with E-state index in [0.29, 0.717) is 19.6 Å². The van der Waals surface area contributed by atoms with Crippen molar-refractivity contribution >= 4 is 0 Å². The lowest BCUT2D eigenvalue weighted by Crippen LogP contribution is -2.56. The van der Waals surface area contributed by atoms with Crippen molar-refractivity contribution < 1.29 is 13.2 Å². The maximum Gasteiger partial charge on any atom is 0.405 e. The molecule has 5 heteroatoms. The van der Waals surface area contributed by atoms with Crippen molar-refractivity contribution in [3.63, 3.8) is 0 Å². The molecule has 1 N–H and O–H groups in total. The Bertz CT molecular complexity index is 146. The standard InChI is InChI=1S/C7H13F3N2/c1-2-12-4-3-11-6(5-12)7(8,9)10/h6,11H,2-5H2,1H3/t6-/m1/s1. The highest BCUT2D eigenvalue weighted by atomic mass is 19.4. The van der Waals surface area contributed by atoms with E-state index in [4.69, 9.17) is 0 Å². The molecule has 0 aromatic heterocycles. The number of halogens is 3. The van der Waals surface area contributed by atoms with Gasteiger partial charge in [0.25, 0.3) is 0 Å². The zero-order valence-electron chi connectivity index (χ0n) is 6.99. The van der Waals surface area contributed by atoms with Crippen molar-refractivity contribution in [2.45, 2.75) is 19.1 Å². The number of likely N-dealkylation sites (N-methyl/N-ethyl adjacent to an activating group) is 1. The molecule has 0 amide bonds. The molecule has 1 saturated heterocycles. The van der Waals surface area contributed by atoms with Crippen LogP contribution >= 0.6 is 0 Å². The molecule has 0 bridgehead atoms. The quantitative estimate of drug-likeness (QED) is 0.646. The zero-order valence-corrected chi connectivity index (χ0v) is 6.99. The van der Waals surface area contributed by atoms with Crippen LogP contribution in [0.25, 0.3) is 0 Å². The summed E-state index contributed by atoms with van der Waals surface area (Å²) < 4.78 is 36.5. The second kappa shape index (κ2) is 3.62. The van der Waals surface area contributed by atoms with Gasteiger partial charge in [0.2, 0.25) is 0 Å². The number of hydrogen-bond donors (Lipinski definition) is 1. The minimum absolute atomic E-state index is 0.0833. The SMILES string of the molecule is CCN1CCN[C@@H](C(F)(F)F)C1. The van der Waals surface area contributed by atoms with Crippen molar-refractivity contribution in [1.29, 1.82) is 0 Å². The van der Waals surface area contributed by atoms with Gasteiger partial charge in [0, 0.05) is 19.6 Å². The summed E-state index contributed by atoms with van der Waals surface area (Å²) in [5, 5.41) is 2.46. The van der Waals surface area contributed by atoms with E-state index in [0.717, 1.165) is 0 Å². The van der Waals surface area contributed by atoms with Crippen LogP contribution in [0.4, 0.5) is 13.2 Å². The van der Waals surface area contributed by atoms with Gasteiger partial charge in [-0.25, -0.2) is 0 Å².